The number of benzene rings is 24. The molecule has 0 atom stereocenters. The van der Waals surface area contributed by atoms with E-state index in [4.69, 9.17) is 44.9 Å². The molecule has 0 saturated heterocycles. The first kappa shape index (κ1) is 88.2. The molecular formula is C135H83N9Se3. The number of aromatic nitrogens is 9. The van der Waals surface area contributed by atoms with Gasteiger partial charge in [-0.3, -0.25) is 0 Å². The van der Waals surface area contributed by atoms with Crippen LogP contribution in [0.25, 0.3) is 283 Å². The molecule has 0 fully saturated rings. The third-order valence-electron chi connectivity index (χ3n) is 28.2. The third kappa shape index (κ3) is 16.5. The summed E-state index contributed by atoms with van der Waals surface area (Å²) < 4.78 is 6.60. The van der Waals surface area contributed by atoms with Gasteiger partial charge in [-0.05, 0) is 16.2 Å². The summed E-state index contributed by atoms with van der Waals surface area (Å²) in [5.74, 6) is 6.06. The fourth-order valence-electron chi connectivity index (χ4n) is 21.2. The van der Waals surface area contributed by atoms with Crippen molar-refractivity contribution in [2.24, 2.45) is 0 Å². The Morgan fingerprint density at radius 1 is 0.143 bits per heavy atom. The Bertz CT molecular complexity index is 10200. The molecule has 24 aromatic carbocycles. The van der Waals surface area contributed by atoms with E-state index in [1.54, 1.807) is 0 Å². The molecule has 0 N–H and O–H groups in total. The summed E-state index contributed by atoms with van der Waals surface area (Å²) in [7, 11) is 0. The predicted molar refractivity (Wildman–Crippen MR) is 618 cm³/mol. The number of hydrogen-bond donors (Lipinski definition) is 0. The van der Waals surface area contributed by atoms with Gasteiger partial charge in [0.25, 0.3) is 0 Å². The van der Waals surface area contributed by atoms with Crippen LogP contribution in [-0.2, 0) is 0 Å². The van der Waals surface area contributed by atoms with E-state index >= 15 is 0 Å². The Kier molecular flexibility index (Phi) is 22.7. The molecule has 147 heavy (non-hydrogen) atoms. The zero-order valence-electron chi connectivity index (χ0n) is 79.1. The van der Waals surface area contributed by atoms with Crippen molar-refractivity contribution >= 4 is 185 Å². The van der Waals surface area contributed by atoms with Gasteiger partial charge in [0.1, 0.15) is 0 Å². The Labute approximate surface area is 867 Å². The molecular weight excluding hydrogens is 1980 g/mol. The van der Waals surface area contributed by atoms with E-state index in [1.807, 2.05) is 115 Å². The van der Waals surface area contributed by atoms with Gasteiger partial charge >= 0.3 is 804 Å². The molecule has 0 amide bonds. The van der Waals surface area contributed by atoms with Crippen molar-refractivity contribution in [3.05, 3.63) is 497 Å². The van der Waals surface area contributed by atoms with Gasteiger partial charge in [-0.25, -0.2) is 0 Å². The van der Waals surface area contributed by atoms with Crippen LogP contribution in [0.5, 0.6) is 0 Å². The van der Waals surface area contributed by atoms with E-state index < -0.39 is 0 Å². The van der Waals surface area contributed by atoms with Crippen LogP contribution < -0.4 is 4.46 Å². The molecule has 5 heterocycles. The van der Waals surface area contributed by atoms with Crippen molar-refractivity contribution in [3.8, 4) is 147 Å². The maximum atomic E-state index is 5.23. The Morgan fingerprint density at radius 3 is 0.878 bits per heavy atom. The molecule has 0 saturated carbocycles. The summed E-state index contributed by atoms with van der Waals surface area (Å²) >= 11 is 2.96. The fraction of sp³-hybridized carbons (Fsp3) is 0. The van der Waals surface area contributed by atoms with Crippen LogP contribution >= 0.6 is 0 Å². The van der Waals surface area contributed by atoms with Crippen LogP contribution in [0.2, 0.25) is 0 Å². The van der Waals surface area contributed by atoms with Gasteiger partial charge in [0.15, 0.2) is 0 Å². The number of fused-ring (bicyclic) bond motifs is 21. The van der Waals surface area contributed by atoms with E-state index in [9.17, 15) is 0 Å². The average Bonchev–Trinajstić information content (AvgIpc) is 1.57. The van der Waals surface area contributed by atoms with Crippen molar-refractivity contribution in [2.45, 2.75) is 0 Å². The van der Waals surface area contributed by atoms with Crippen molar-refractivity contribution in [3.63, 3.8) is 0 Å². The first-order chi connectivity index (χ1) is 72.8. The van der Waals surface area contributed by atoms with Gasteiger partial charge < -0.3 is 0 Å². The molecule has 0 aliphatic rings. The van der Waals surface area contributed by atoms with E-state index in [0.29, 0.717) is 52.4 Å². The topological polar surface area (TPSA) is 116 Å². The Balaban J connectivity index is 0.000000109. The monoisotopic (exact) mass is 2070 g/mol. The zero-order valence-corrected chi connectivity index (χ0v) is 84.4. The first-order valence-corrected chi connectivity index (χ1v) is 53.6. The Hall–Kier alpha value is -17.8. The van der Waals surface area contributed by atoms with Gasteiger partial charge in [-0.2, -0.15) is 0 Å². The molecule has 12 heteroatoms. The summed E-state index contributed by atoms with van der Waals surface area (Å²) in [5, 5.41) is 27.8. The Morgan fingerprint density at radius 2 is 0.415 bits per heavy atom. The molecule has 29 rings (SSSR count). The van der Waals surface area contributed by atoms with E-state index in [-0.39, 0.29) is 29.0 Å². The van der Waals surface area contributed by atoms with Crippen LogP contribution in [0.4, 0.5) is 0 Å². The molecule has 0 spiro atoms. The van der Waals surface area contributed by atoms with Gasteiger partial charge in [-0.15, -0.1) is 0 Å². The third-order valence-corrected chi connectivity index (χ3v) is 34.3. The summed E-state index contributed by atoms with van der Waals surface area (Å²) in [6.45, 7) is 0. The van der Waals surface area contributed by atoms with Gasteiger partial charge in [0.2, 0.25) is 0 Å². The quantitative estimate of drug-likeness (QED) is 0.0822. The van der Waals surface area contributed by atoms with Crippen molar-refractivity contribution in [2.75, 3.05) is 0 Å². The number of rotatable bonds is 13. The second-order valence-electron chi connectivity index (χ2n) is 37.0. The summed E-state index contributed by atoms with van der Waals surface area (Å²) in [4.78, 5) is 45.6. The van der Waals surface area contributed by atoms with E-state index in [2.05, 4.69) is 398 Å². The fourth-order valence-corrected chi connectivity index (χ4v) is 27.3. The van der Waals surface area contributed by atoms with E-state index in [1.165, 1.54) is 158 Å². The van der Waals surface area contributed by atoms with Crippen LogP contribution in [0.3, 0.4) is 0 Å². The van der Waals surface area contributed by atoms with Crippen molar-refractivity contribution in [1.82, 2.24) is 44.9 Å². The molecule has 0 radical (unpaired) electrons. The SMILES string of the molecule is [SeH]c1cccc(-c2nc(-c3ccccc3)nc(-c3ccccc3)n2)c1-c1cccc(-c2ccc3c(ccc4c5ccccc5ccc34)c2)c1.c1ccc(-c2nc(-c3ccc4c(ccc5c6ccccc6ccc45)c3)nc(-c3cccc4[se]c5c(-c6ccccc6)cccc5c34)n2)cc1.c1ccc(-c2nc(-c3ccccc3)nc(-c3cccc4c3[se]c3c(-c5ccc6c(ccc7c8ccccc8ccc67)c5)cccc34)n2)cc1. The molecule has 686 valence electrons. The van der Waals surface area contributed by atoms with Crippen LogP contribution in [0, 0.1) is 0 Å². The molecule has 0 bridgehead atoms. The minimum absolute atomic E-state index is 0.0571. The van der Waals surface area contributed by atoms with Gasteiger partial charge in [0, 0.05) is 0 Å². The predicted octanol–water partition coefficient (Wildman–Crippen LogP) is 32.9. The van der Waals surface area contributed by atoms with Crippen LogP contribution in [0.15, 0.2) is 497 Å². The minimum atomic E-state index is 0.0571. The van der Waals surface area contributed by atoms with Gasteiger partial charge in [-0.1, -0.05) is 54.6 Å². The second kappa shape index (κ2) is 37.8. The van der Waals surface area contributed by atoms with E-state index in [0.717, 1.165) is 76.6 Å². The molecule has 29 aromatic rings. The molecule has 5 aromatic heterocycles. The van der Waals surface area contributed by atoms with Crippen molar-refractivity contribution < 1.29 is 0 Å². The summed E-state index contributed by atoms with van der Waals surface area (Å²) in [5.41, 5.74) is 18.5. The molecule has 9 nitrogen and oxygen atoms in total. The second-order valence-corrected chi connectivity index (χ2v) is 42.3. The number of hydrogen-bond acceptors (Lipinski definition) is 9. The summed E-state index contributed by atoms with van der Waals surface area (Å²) in [6, 6.07) is 177. The van der Waals surface area contributed by atoms with Crippen molar-refractivity contribution in [1.29, 1.82) is 0 Å². The molecule has 0 aliphatic carbocycles. The maximum absolute atomic E-state index is 5.23. The zero-order chi connectivity index (χ0) is 97.4. The first-order valence-electron chi connectivity index (χ1n) is 49.2. The molecule has 0 unspecified atom stereocenters. The van der Waals surface area contributed by atoms with Crippen LogP contribution in [0.1, 0.15) is 0 Å². The van der Waals surface area contributed by atoms with Crippen LogP contribution in [-0.4, -0.2) is 89.9 Å². The molecule has 0 aliphatic heterocycles. The number of nitrogens with zero attached hydrogens (tertiary/aromatic N) is 9. The van der Waals surface area contributed by atoms with Gasteiger partial charge in [0.05, 0.1) is 0 Å². The summed E-state index contributed by atoms with van der Waals surface area (Å²) in [6.07, 6.45) is 0. The average molecular weight is 2070 g/mol. The standard InChI is InChI=1S/2C45H27N3Se.C45H29N3Se/c1-3-12-29(13-4-1)43-46-44(30-14-5-2-6-15-30)48-45(47-43)40-20-10-19-39-38-18-9-17-35(41(38)49-42(39)40)32-22-24-34-31(27-32)23-26-36-33-16-8-7-11-28(33)21-25-37(34)36;1-3-11-28(12-4-1)35-17-9-18-38-41-39(19-10-20-40(41)49-42(35)38)45-47-43(30-14-5-2-6-15-30)46-44(48-45)32-23-24-34-31(27-32)22-26-36-33-16-8-7-13-29(33)21-25-37(34)36;49-41-20-10-19-40(45-47-43(30-12-3-1-4-13-30)46-44(48-45)31-14-5-2-6-15-31)42(41)35-17-9-16-32(28-35)33-22-24-37-34(27-33)23-26-38-36-18-8-7-11-29(36)21-25-39(37)38/h2*1-27H;1-28,49H. The normalized spacial score (nSPS) is 11.6.